The van der Waals surface area contributed by atoms with E-state index in [0.29, 0.717) is 25.7 Å². The molecule has 0 radical (unpaired) electrons. The summed E-state index contributed by atoms with van der Waals surface area (Å²) in [7, 11) is -9.86. The van der Waals surface area contributed by atoms with Gasteiger partial charge in [-0.2, -0.15) is 0 Å². The van der Waals surface area contributed by atoms with Crippen LogP contribution in [0.2, 0.25) is 0 Å². The predicted octanol–water partition coefficient (Wildman–Crippen LogP) is 16.0. The smallest absolute Gasteiger partial charge is 0.462 e. The summed E-state index contributed by atoms with van der Waals surface area (Å²) in [6.45, 7) is 4.76. The van der Waals surface area contributed by atoms with Crippen molar-refractivity contribution in [2.45, 2.75) is 316 Å². The summed E-state index contributed by atoms with van der Waals surface area (Å²) in [5.74, 6) is -2.15. The van der Waals surface area contributed by atoms with Crippen molar-refractivity contribution in [3.05, 3.63) is 0 Å². The third kappa shape index (κ3) is 53.4. The van der Waals surface area contributed by atoms with Crippen molar-refractivity contribution in [2.75, 3.05) is 39.6 Å². The molecule has 0 amide bonds. The number of aliphatic hydroxyl groups is 1. The van der Waals surface area contributed by atoms with E-state index in [1.54, 1.807) is 0 Å². The first kappa shape index (κ1) is 76.1. The Hall–Kier alpha value is -1.94. The molecule has 5 atom stereocenters. The van der Waals surface area contributed by atoms with Crippen LogP contribution in [0.4, 0.5) is 0 Å². The van der Waals surface area contributed by atoms with E-state index in [4.69, 9.17) is 37.0 Å². The molecule has 17 nitrogen and oxygen atoms in total. The molecular formula is C59H114O17P2. The molecule has 0 rings (SSSR count). The molecule has 0 saturated carbocycles. The van der Waals surface area contributed by atoms with E-state index >= 15 is 0 Å². The molecule has 0 spiro atoms. The summed E-state index contributed by atoms with van der Waals surface area (Å²) in [6.07, 6.45) is 37.8. The quantitative estimate of drug-likeness (QED) is 0.0222. The summed E-state index contributed by atoms with van der Waals surface area (Å²) in [5, 5.41) is 10.5. The zero-order chi connectivity index (χ0) is 57.6. The number of ether oxygens (including phenoxy) is 4. The van der Waals surface area contributed by atoms with Gasteiger partial charge in [-0.15, -0.1) is 0 Å². The van der Waals surface area contributed by atoms with Crippen LogP contribution in [-0.2, 0) is 65.4 Å². The third-order valence-electron chi connectivity index (χ3n) is 13.6. The van der Waals surface area contributed by atoms with Gasteiger partial charge >= 0.3 is 39.5 Å². The van der Waals surface area contributed by atoms with Crippen LogP contribution in [0.5, 0.6) is 0 Å². The Balaban J connectivity index is 5.15. The molecule has 0 fully saturated rings. The van der Waals surface area contributed by atoms with Crippen molar-refractivity contribution in [2.24, 2.45) is 0 Å². The zero-order valence-corrected chi connectivity index (χ0v) is 51.4. The van der Waals surface area contributed by atoms with Crippen LogP contribution in [0.15, 0.2) is 0 Å². The number of phosphoric acid groups is 2. The fourth-order valence-electron chi connectivity index (χ4n) is 8.75. The van der Waals surface area contributed by atoms with E-state index in [9.17, 15) is 43.2 Å². The number of esters is 4. The molecule has 0 aromatic heterocycles. The minimum atomic E-state index is -4.93. The molecule has 0 bridgehead atoms. The third-order valence-corrected chi connectivity index (χ3v) is 15.5. The summed E-state index contributed by atoms with van der Waals surface area (Å²) < 4.78 is 67.6. The summed E-state index contributed by atoms with van der Waals surface area (Å²) in [5.41, 5.74) is 0. The molecular weight excluding hydrogens is 1040 g/mol. The maximum Gasteiger partial charge on any atom is 0.472 e. The van der Waals surface area contributed by atoms with Crippen molar-refractivity contribution in [3.8, 4) is 0 Å². The van der Waals surface area contributed by atoms with Gasteiger partial charge in [0.1, 0.15) is 19.3 Å². The van der Waals surface area contributed by atoms with Crippen LogP contribution in [0.3, 0.4) is 0 Å². The Morgan fingerprint density at radius 1 is 0.308 bits per heavy atom. The van der Waals surface area contributed by atoms with Gasteiger partial charge in [0.25, 0.3) is 0 Å². The van der Waals surface area contributed by atoms with Gasteiger partial charge in [0.15, 0.2) is 12.2 Å². The molecule has 0 saturated heterocycles. The topological polar surface area (TPSA) is 237 Å². The number of aliphatic hydroxyl groups excluding tert-OH is 1. The van der Waals surface area contributed by atoms with Gasteiger partial charge in [0.2, 0.25) is 0 Å². The Labute approximate surface area is 473 Å². The second kappa shape index (κ2) is 54.3. The van der Waals surface area contributed by atoms with Crippen molar-refractivity contribution >= 4 is 39.5 Å². The Morgan fingerprint density at radius 3 is 0.756 bits per heavy atom. The molecule has 0 heterocycles. The van der Waals surface area contributed by atoms with Gasteiger partial charge in [-0.3, -0.25) is 37.3 Å². The molecule has 0 aliphatic rings. The molecule has 78 heavy (non-hydrogen) atoms. The van der Waals surface area contributed by atoms with Gasteiger partial charge in [0, 0.05) is 25.7 Å². The highest BCUT2D eigenvalue weighted by Gasteiger charge is 2.30. The van der Waals surface area contributed by atoms with Crippen LogP contribution in [0.1, 0.15) is 297 Å². The van der Waals surface area contributed by atoms with Crippen LogP contribution >= 0.6 is 15.6 Å². The number of hydrogen-bond donors (Lipinski definition) is 3. The summed E-state index contributed by atoms with van der Waals surface area (Å²) in [4.78, 5) is 71.7. The molecule has 19 heteroatoms. The highest BCUT2D eigenvalue weighted by Crippen LogP contribution is 2.45. The monoisotopic (exact) mass is 1160 g/mol. The molecule has 0 aromatic carbocycles. The average molecular weight is 1160 g/mol. The molecule has 0 aromatic rings. The van der Waals surface area contributed by atoms with Crippen LogP contribution < -0.4 is 0 Å². The van der Waals surface area contributed by atoms with E-state index < -0.39 is 97.5 Å². The van der Waals surface area contributed by atoms with E-state index in [1.807, 2.05) is 0 Å². The Bertz CT molecular complexity index is 1520. The predicted molar refractivity (Wildman–Crippen MR) is 308 cm³/mol. The number of carbonyl (C=O) groups is 4. The average Bonchev–Trinajstić information content (AvgIpc) is 3.41. The van der Waals surface area contributed by atoms with Gasteiger partial charge < -0.3 is 33.8 Å². The van der Waals surface area contributed by atoms with E-state index in [1.165, 1.54) is 109 Å². The van der Waals surface area contributed by atoms with Crippen LogP contribution in [0, 0.1) is 0 Å². The van der Waals surface area contributed by atoms with Crippen molar-refractivity contribution < 1.29 is 80.2 Å². The van der Waals surface area contributed by atoms with Crippen molar-refractivity contribution in [1.29, 1.82) is 0 Å². The highest BCUT2D eigenvalue weighted by atomic mass is 31.2. The van der Waals surface area contributed by atoms with Crippen LogP contribution in [-0.4, -0.2) is 96.7 Å². The first-order valence-electron chi connectivity index (χ1n) is 31.3. The first-order valence-corrected chi connectivity index (χ1v) is 34.3. The second-order valence-electron chi connectivity index (χ2n) is 21.4. The first-order chi connectivity index (χ1) is 37.7. The number of carbonyl (C=O) groups excluding carboxylic acids is 4. The summed E-state index contributed by atoms with van der Waals surface area (Å²) >= 11 is 0. The SMILES string of the molecule is CCCCCCCCCCCCCCCCCC(=O)O[C@H](COC(=O)CCCCCCCCCC)COP(=O)(O)OC[C@H](O)COP(=O)(O)OC[C@@H](COC(=O)CCCCCCCC)OC(=O)CCCCCCCCCCC. The van der Waals surface area contributed by atoms with Gasteiger partial charge in [-0.05, 0) is 25.7 Å². The number of rotatable bonds is 60. The maximum absolute atomic E-state index is 12.9. The van der Waals surface area contributed by atoms with Crippen molar-refractivity contribution in [1.82, 2.24) is 0 Å². The van der Waals surface area contributed by atoms with E-state index in [2.05, 4.69) is 27.7 Å². The molecule has 2 unspecified atom stereocenters. The lowest BCUT2D eigenvalue weighted by Gasteiger charge is -2.21. The van der Waals surface area contributed by atoms with Gasteiger partial charge in [-0.25, -0.2) is 9.13 Å². The molecule has 0 aliphatic heterocycles. The lowest BCUT2D eigenvalue weighted by atomic mass is 10.0. The van der Waals surface area contributed by atoms with Crippen LogP contribution in [0.25, 0.3) is 0 Å². The highest BCUT2D eigenvalue weighted by molar-refractivity contribution is 7.47. The van der Waals surface area contributed by atoms with Crippen molar-refractivity contribution in [3.63, 3.8) is 0 Å². The Kier molecular flexibility index (Phi) is 53.0. The molecule has 462 valence electrons. The largest absolute Gasteiger partial charge is 0.472 e. The van der Waals surface area contributed by atoms with E-state index in [0.717, 1.165) is 109 Å². The normalized spacial score (nSPS) is 14.3. The minimum Gasteiger partial charge on any atom is -0.462 e. The fourth-order valence-corrected chi connectivity index (χ4v) is 10.3. The summed E-state index contributed by atoms with van der Waals surface area (Å²) in [6, 6.07) is 0. The lowest BCUT2D eigenvalue weighted by Crippen LogP contribution is -2.30. The fraction of sp³-hybridized carbons (Fsp3) is 0.932. The standard InChI is InChI=1S/C59H114O17P2/c1-5-9-13-17-21-24-25-26-27-28-29-31-34-38-42-46-59(64)76-55(50-70-57(62)44-40-36-32-23-19-15-11-7-3)52-74-78(67,68)72-48-53(60)47-71-77(65,66)73-51-54(49-69-56(61)43-39-35-20-16-12-8-4)75-58(63)45-41-37-33-30-22-18-14-10-6-2/h53-55,60H,5-52H2,1-4H3,(H,65,66)(H,67,68)/t53-,54-,55-/m1/s1. The molecule has 0 aliphatic carbocycles. The Morgan fingerprint density at radius 2 is 0.513 bits per heavy atom. The maximum atomic E-state index is 12.9. The second-order valence-corrected chi connectivity index (χ2v) is 24.3. The lowest BCUT2D eigenvalue weighted by molar-refractivity contribution is -0.161. The minimum absolute atomic E-state index is 0.105. The van der Waals surface area contributed by atoms with Gasteiger partial charge in [0.05, 0.1) is 26.4 Å². The van der Waals surface area contributed by atoms with Gasteiger partial charge in [-0.1, -0.05) is 246 Å². The number of phosphoric ester groups is 2. The zero-order valence-electron chi connectivity index (χ0n) is 49.6. The number of hydrogen-bond acceptors (Lipinski definition) is 15. The van der Waals surface area contributed by atoms with E-state index in [-0.39, 0.29) is 25.7 Å². The molecule has 3 N–H and O–H groups in total. The number of unbranched alkanes of at least 4 members (excludes halogenated alkanes) is 34.